The van der Waals surface area contributed by atoms with E-state index in [1.54, 1.807) is 0 Å². The third-order valence-electron chi connectivity index (χ3n) is 3.84. The molecule has 3 aromatic carbocycles. The van der Waals surface area contributed by atoms with Gasteiger partial charge in [-0.1, -0.05) is 36.4 Å². The molecule has 4 nitrogen and oxygen atoms in total. The molecule has 0 aromatic heterocycles. The summed E-state index contributed by atoms with van der Waals surface area (Å²) in [4.78, 5) is 1.92. The third kappa shape index (κ3) is 5.30. The smallest absolute Gasteiger partial charge is 0.177 e. The topological polar surface area (TPSA) is 48.3 Å². The minimum Gasteiger partial charge on any atom is -0.457 e. The van der Waals surface area contributed by atoms with Crippen molar-refractivity contribution in [3.8, 4) is 17.6 Å². The first kappa shape index (κ1) is 18.4. The number of para-hydroxylation sites is 2. The third-order valence-corrected chi connectivity index (χ3v) is 4.17. The summed E-state index contributed by atoms with van der Waals surface area (Å²) in [6.45, 7) is 0.529. The van der Waals surface area contributed by atoms with Crippen molar-refractivity contribution in [2.45, 2.75) is 6.42 Å². The normalized spacial score (nSPS) is 9.89. The van der Waals surface area contributed by atoms with Crippen LogP contribution in [0.4, 0.5) is 11.4 Å². The molecular formula is C22H19N3OS. The van der Waals surface area contributed by atoms with Gasteiger partial charge in [0.1, 0.15) is 11.5 Å². The van der Waals surface area contributed by atoms with Gasteiger partial charge in [-0.15, -0.1) is 0 Å². The number of hydrogen-bond donors (Lipinski definition) is 1. The summed E-state index contributed by atoms with van der Waals surface area (Å²) < 4.78 is 5.80. The predicted octanol–water partition coefficient (Wildman–Crippen LogP) is 5.60. The minimum absolute atomic E-state index is 0.389. The van der Waals surface area contributed by atoms with Gasteiger partial charge in [0.2, 0.25) is 0 Å². The number of hydrogen-bond acceptors (Lipinski definition) is 3. The maximum Gasteiger partial charge on any atom is 0.177 e. The molecule has 0 radical (unpaired) electrons. The fourth-order valence-electron chi connectivity index (χ4n) is 2.54. The van der Waals surface area contributed by atoms with E-state index in [1.165, 1.54) is 0 Å². The molecule has 5 heteroatoms. The Morgan fingerprint density at radius 3 is 2.11 bits per heavy atom. The zero-order chi connectivity index (χ0) is 18.9. The first-order valence-electron chi connectivity index (χ1n) is 8.60. The molecule has 3 rings (SSSR count). The van der Waals surface area contributed by atoms with Crippen LogP contribution in [-0.2, 0) is 0 Å². The highest BCUT2D eigenvalue weighted by molar-refractivity contribution is 7.80. The number of thiocarbonyl (C=S) groups is 1. The summed E-state index contributed by atoms with van der Waals surface area (Å²) in [7, 11) is 0. The number of nitrogens with one attached hydrogen (secondary N) is 1. The molecule has 0 spiro atoms. The fourth-order valence-corrected chi connectivity index (χ4v) is 2.85. The van der Waals surface area contributed by atoms with Gasteiger partial charge in [-0.2, -0.15) is 5.26 Å². The molecule has 0 unspecified atom stereocenters. The summed E-state index contributed by atoms with van der Waals surface area (Å²) in [5.41, 5.74) is 1.81. The van der Waals surface area contributed by atoms with Crippen molar-refractivity contribution in [2.75, 3.05) is 16.8 Å². The molecule has 0 aliphatic heterocycles. The van der Waals surface area contributed by atoms with Gasteiger partial charge < -0.3 is 15.0 Å². The lowest BCUT2D eigenvalue weighted by Gasteiger charge is -2.25. The lowest BCUT2D eigenvalue weighted by Crippen LogP contribution is -2.35. The van der Waals surface area contributed by atoms with Crippen molar-refractivity contribution >= 4 is 28.7 Å². The zero-order valence-corrected chi connectivity index (χ0v) is 15.5. The summed E-state index contributed by atoms with van der Waals surface area (Å²) in [5.74, 6) is 1.54. The highest BCUT2D eigenvalue weighted by Crippen LogP contribution is 2.23. The molecule has 0 aliphatic carbocycles. The summed E-state index contributed by atoms with van der Waals surface area (Å²) >= 11 is 5.56. The Labute approximate surface area is 164 Å². The van der Waals surface area contributed by atoms with E-state index in [4.69, 9.17) is 22.2 Å². The second-order valence-electron chi connectivity index (χ2n) is 5.76. The Hall–Kier alpha value is -3.36. The molecule has 3 aromatic rings. The second kappa shape index (κ2) is 9.37. The Morgan fingerprint density at radius 1 is 0.889 bits per heavy atom. The number of rotatable bonds is 6. The van der Waals surface area contributed by atoms with Gasteiger partial charge in [-0.25, -0.2) is 0 Å². The van der Waals surface area contributed by atoms with Crippen molar-refractivity contribution in [2.24, 2.45) is 0 Å². The monoisotopic (exact) mass is 373 g/mol. The van der Waals surface area contributed by atoms with E-state index in [0.717, 1.165) is 22.9 Å². The van der Waals surface area contributed by atoms with Crippen LogP contribution < -0.4 is 15.0 Å². The average molecular weight is 373 g/mol. The van der Waals surface area contributed by atoms with Crippen molar-refractivity contribution < 1.29 is 4.74 Å². The zero-order valence-electron chi connectivity index (χ0n) is 14.7. The van der Waals surface area contributed by atoms with Crippen LogP contribution in [0, 0.1) is 11.3 Å². The second-order valence-corrected chi connectivity index (χ2v) is 6.15. The summed E-state index contributed by atoms with van der Waals surface area (Å²) in [5, 5.41) is 12.7. The largest absolute Gasteiger partial charge is 0.457 e. The van der Waals surface area contributed by atoms with Gasteiger partial charge in [0.25, 0.3) is 0 Å². The molecule has 134 valence electrons. The number of ether oxygens (including phenoxy) is 1. The van der Waals surface area contributed by atoms with Crippen LogP contribution in [0.15, 0.2) is 84.9 Å². The van der Waals surface area contributed by atoms with E-state index < -0.39 is 0 Å². The van der Waals surface area contributed by atoms with Crippen LogP contribution in [0.3, 0.4) is 0 Å². The molecule has 0 amide bonds. The van der Waals surface area contributed by atoms with E-state index in [0.29, 0.717) is 18.1 Å². The van der Waals surface area contributed by atoms with Crippen LogP contribution in [0.1, 0.15) is 6.42 Å². The molecule has 0 fully saturated rings. The van der Waals surface area contributed by atoms with Gasteiger partial charge >= 0.3 is 0 Å². The van der Waals surface area contributed by atoms with Crippen LogP contribution in [0.25, 0.3) is 0 Å². The molecular weight excluding hydrogens is 354 g/mol. The fraction of sp³-hybridized carbons (Fsp3) is 0.0909. The Morgan fingerprint density at radius 2 is 1.48 bits per heavy atom. The van der Waals surface area contributed by atoms with E-state index in [2.05, 4.69) is 11.4 Å². The first-order chi connectivity index (χ1) is 13.3. The van der Waals surface area contributed by atoms with Gasteiger partial charge in [0.05, 0.1) is 12.5 Å². The number of benzene rings is 3. The molecule has 0 saturated heterocycles. The Balaban J connectivity index is 1.67. The maximum absolute atomic E-state index is 8.93. The number of anilines is 2. The predicted molar refractivity (Wildman–Crippen MR) is 113 cm³/mol. The van der Waals surface area contributed by atoms with Crippen molar-refractivity contribution in [1.82, 2.24) is 0 Å². The summed E-state index contributed by atoms with van der Waals surface area (Å²) in [6, 6.07) is 29.2. The van der Waals surface area contributed by atoms with Crippen LogP contribution in [0.2, 0.25) is 0 Å². The molecule has 1 N–H and O–H groups in total. The van der Waals surface area contributed by atoms with Crippen LogP contribution >= 0.6 is 12.2 Å². The Kier molecular flexibility index (Phi) is 6.40. The minimum atomic E-state index is 0.389. The van der Waals surface area contributed by atoms with Gasteiger partial charge in [0.15, 0.2) is 5.11 Å². The van der Waals surface area contributed by atoms with E-state index >= 15 is 0 Å². The van der Waals surface area contributed by atoms with Crippen LogP contribution in [-0.4, -0.2) is 11.7 Å². The van der Waals surface area contributed by atoms with Crippen LogP contribution in [0.5, 0.6) is 11.5 Å². The standard InChI is InChI=1S/C22H19N3OS/c23-16-7-17-25(19-8-3-1-4-9-19)22(27)24-18-12-14-21(15-13-18)26-20-10-5-2-6-11-20/h1-6,8-15H,7,17H2,(H,24,27). The molecule has 0 saturated carbocycles. The quantitative estimate of drug-likeness (QED) is 0.570. The number of nitriles is 1. The summed E-state index contributed by atoms with van der Waals surface area (Å²) in [6.07, 6.45) is 0.389. The van der Waals surface area contributed by atoms with Crippen molar-refractivity contribution in [1.29, 1.82) is 5.26 Å². The number of nitrogens with zero attached hydrogens (tertiary/aromatic N) is 2. The molecule has 0 atom stereocenters. The van der Waals surface area contributed by atoms with E-state index in [1.807, 2.05) is 89.8 Å². The molecule has 0 bridgehead atoms. The highest BCUT2D eigenvalue weighted by atomic mass is 32.1. The molecule has 27 heavy (non-hydrogen) atoms. The van der Waals surface area contributed by atoms with E-state index in [9.17, 15) is 0 Å². The first-order valence-corrected chi connectivity index (χ1v) is 9.00. The maximum atomic E-state index is 8.93. The van der Waals surface area contributed by atoms with Gasteiger partial charge in [-0.05, 0) is 60.7 Å². The van der Waals surface area contributed by atoms with Gasteiger partial charge in [-0.3, -0.25) is 0 Å². The lowest BCUT2D eigenvalue weighted by atomic mass is 10.2. The van der Waals surface area contributed by atoms with Crippen molar-refractivity contribution in [3.63, 3.8) is 0 Å². The van der Waals surface area contributed by atoms with E-state index in [-0.39, 0.29) is 0 Å². The molecule has 0 aliphatic rings. The van der Waals surface area contributed by atoms with Gasteiger partial charge in [0, 0.05) is 17.9 Å². The average Bonchev–Trinajstić information content (AvgIpc) is 2.71. The highest BCUT2D eigenvalue weighted by Gasteiger charge is 2.12. The SMILES string of the molecule is N#CCCN(C(=S)Nc1ccc(Oc2ccccc2)cc1)c1ccccc1. The lowest BCUT2D eigenvalue weighted by molar-refractivity contribution is 0.483. The molecule has 0 heterocycles. The van der Waals surface area contributed by atoms with Crippen molar-refractivity contribution in [3.05, 3.63) is 84.9 Å². The Bertz CT molecular complexity index is 906.